The van der Waals surface area contributed by atoms with Crippen molar-refractivity contribution in [2.24, 2.45) is 0 Å². The van der Waals surface area contributed by atoms with Crippen LogP contribution in [0.3, 0.4) is 0 Å². The van der Waals surface area contributed by atoms with Gasteiger partial charge >= 0.3 is 0 Å². The van der Waals surface area contributed by atoms with Crippen LogP contribution in [0.25, 0.3) is 0 Å². The molecule has 0 saturated carbocycles. The molecule has 0 aliphatic rings. The third-order valence-electron chi connectivity index (χ3n) is 5.05. The molecule has 2 heterocycles. The Morgan fingerprint density at radius 2 is 2.07 bits per heavy atom. The molecule has 0 bridgehead atoms. The van der Waals surface area contributed by atoms with Crippen molar-refractivity contribution in [1.29, 1.82) is 0 Å². The Hall–Kier alpha value is -2.61. The number of aryl methyl sites for hydroxylation is 3. The van der Waals surface area contributed by atoms with E-state index in [0.29, 0.717) is 17.9 Å². The van der Waals surface area contributed by atoms with Gasteiger partial charge in [-0.15, -0.1) is 0 Å². The molecule has 0 fully saturated rings. The fourth-order valence-corrected chi connectivity index (χ4v) is 3.48. The molecule has 7 nitrogen and oxygen atoms in total. The van der Waals surface area contributed by atoms with Gasteiger partial charge in [-0.25, -0.2) is 0 Å². The van der Waals surface area contributed by atoms with Crippen LogP contribution in [0.5, 0.6) is 5.75 Å². The molecule has 154 valence electrons. The number of rotatable bonds is 7. The highest BCUT2D eigenvalue weighted by atomic mass is 79.9. The van der Waals surface area contributed by atoms with Crippen LogP contribution in [0.15, 0.2) is 33.4 Å². The van der Waals surface area contributed by atoms with E-state index < -0.39 is 0 Å². The largest absolute Gasteiger partial charge is 0.488 e. The summed E-state index contributed by atoms with van der Waals surface area (Å²) in [5, 5.41) is 8.30. The summed E-state index contributed by atoms with van der Waals surface area (Å²) in [6.07, 6.45) is 1.74. The molecule has 3 rings (SSSR count). The quantitative estimate of drug-likeness (QED) is 0.521. The third-order valence-corrected chi connectivity index (χ3v) is 5.71. The lowest BCUT2D eigenvalue weighted by molar-refractivity contribution is 0.0768. The van der Waals surface area contributed by atoms with E-state index in [9.17, 15) is 4.79 Å². The molecule has 0 atom stereocenters. The van der Waals surface area contributed by atoms with E-state index in [1.54, 1.807) is 25.1 Å². The summed E-state index contributed by atoms with van der Waals surface area (Å²) in [6, 6.07) is 5.91. The highest BCUT2D eigenvalue weighted by molar-refractivity contribution is 9.10. The van der Waals surface area contributed by atoms with Crippen LogP contribution in [-0.2, 0) is 19.7 Å². The van der Waals surface area contributed by atoms with Crippen molar-refractivity contribution in [3.05, 3.63) is 62.7 Å². The highest BCUT2D eigenvalue weighted by Gasteiger charge is 2.25. The summed E-state index contributed by atoms with van der Waals surface area (Å²) < 4.78 is 14.0. The number of hydrogen-bond acceptors (Lipinski definition) is 5. The normalized spacial score (nSPS) is 11.0. The van der Waals surface area contributed by atoms with Crippen LogP contribution in [-0.4, -0.2) is 32.8 Å². The molecule has 0 N–H and O–H groups in total. The maximum atomic E-state index is 13.1. The first-order valence-corrected chi connectivity index (χ1v) is 10.2. The average Bonchev–Trinajstić information content (AvgIpc) is 3.24. The Kier molecular flexibility index (Phi) is 6.42. The minimum Gasteiger partial charge on any atom is -0.488 e. The van der Waals surface area contributed by atoms with Crippen LogP contribution in [0.4, 0.5) is 0 Å². The number of benzene rings is 1. The fraction of sp³-hybridized carbons (Fsp3) is 0.381. The molecule has 0 aliphatic heterocycles. The van der Waals surface area contributed by atoms with E-state index in [2.05, 4.69) is 26.2 Å². The minimum atomic E-state index is -0.225. The summed E-state index contributed by atoms with van der Waals surface area (Å²) in [4.78, 5) is 14.7. The molecule has 1 amide bonds. The topological polar surface area (TPSA) is 73.4 Å². The SMILES string of the molecule is CCn1ncc(Br)c1CN(C)C(=O)c1noc(C)c1COc1cccc(C)c1C. The van der Waals surface area contributed by atoms with Gasteiger partial charge in [-0.1, -0.05) is 17.3 Å². The molecule has 0 spiro atoms. The molecule has 0 aliphatic carbocycles. The van der Waals surface area contributed by atoms with Crippen molar-refractivity contribution in [2.45, 2.75) is 47.4 Å². The van der Waals surface area contributed by atoms with Crippen LogP contribution in [0.1, 0.15) is 45.6 Å². The van der Waals surface area contributed by atoms with Gasteiger partial charge in [0, 0.05) is 13.6 Å². The number of carbonyl (C=O) groups excluding carboxylic acids is 1. The number of amides is 1. The van der Waals surface area contributed by atoms with Gasteiger partial charge in [0.1, 0.15) is 18.1 Å². The second-order valence-corrected chi connectivity index (χ2v) is 7.82. The summed E-state index contributed by atoms with van der Waals surface area (Å²) in [5.41, 5.74) is 4.08. The molecule has 1 aromatic carbocycles. The molecule has 29 heavy (non-hydrogen) atoms. The first-order chi connectivity index (χ1) is 13.8. The molecular formula is C21H25BrN4O3. The number of aromatic nitrogens is 3. The van der Waals surface area contributed by atoms with Gasteiger partial charge in [0.2, 0.25) is 0 Å². The predicted octanol–water partition coefficient (Wildman–Crippen LogP) is 4.43. The van der Waals surface area contributed by atoms with Gasteiger partial charge in [-0.2, -0.15) is 5.10 Å². The average molecular weight is 461 g/mol. The van der Waals surface area contributed by atoms with Crippen LogP contribution >= 0.6 is 15.9 Å². The molecule has 2 aromatic heterocycles. The molecule has 0 unspecified atom stereocenters. The van der Waals surface area contributed by atoms with Crippen molar-refractivity contribution in [3.8, 4) is 5.75 Å². The van der Waals surface area contributed by atoms with Gasteiger partial charge in [0.15, 0.2) is 5.69 Å². The second kappa shape index (κ2) is 8.82. The molecule has 0 radical (unpaired) electrons. The number of ether oxygens (including phenoxy) is 1. The highest BCUT2D eigenvalue weighted by Crippen LogP contribution is 2.24. The maximum absolute atomic E-state index is 13.1. The number of halogens is 1. The zero-order valence-electron chi connectivity index (χ0n) is 17.3. The summed E-state index contributed by atoms with van der Waals surface area (Å²) >= 11 is 3.50. The lowest BCUT2D eigenvalue weighted by Gasteiger charge is -2.18. The van der Waals surface area contributed by atoms with E-state index in [1.807, 2.05) is 43.7 Å². The molecule has 0 saturated heterocycles. The van der Waals surface area contributed by atoms with Gasteiger partial charge in [0.05, 0.1) is 28.5 Å². The Bertz CT molecular complexity index is 1030. The van der Waals surface area contributed by atoms with Crippen LogP contribution in [0.2, 0.25) is 0 Å². The molecular weight excluding hydrogens is 436 g/mol. The van der Waals surface area contributed by atoms with Crippen molar-refractivity contribution in [3.63, 3.8) is 0 Å². The summed E-state index contributed by atoms with van der Waals surface area (Å²) in [7, 11) is 1.74. The second-order valence-electron chi connectivity index (χ2n) is 6.97. The Labute approximate surface area is 178 Å². The predicted molar refractivity (Wildman–Crippen MR) is 113 cm³/mol. The van der Waals surface area contributed by atoms with Crippen LogP contribution < -0.4 is 4.74 Å². The van der Waals surface area contributed by atoms with Crippen molar-refractivity contribution in [2.75, 3.05) is 7.05 Å². The van der Waals surface area contributed by atoms with Gasteiger partial charge in [0.25, 0.3) is 5.91 Å². The smallest absolute Gasteiger partial charge is 0.276 e. The summed E-state index contributed by atoms with van der Waals surface area (Å²) in [5.74, 6) is 1.14. The first kappa shape index (κ1) is 21.1. The number of hydrogen-bond donors (Lipinski definition) is 0. The minimum absolute atomic E-state index is 0.213. The third kappa shape index (κ3) is 4.37. The molecule has 8 heteroatoms. The van der Waals surface area contributed by atoms with E-state index >= 15 is 0 Å². The lowest BCUT2D eigenvalue weighted by atomic mass is 10.1. The standard InChI is InChI=1S/C21H25BrN4O3/c1-6-26-18(17(22)10-23-26)11-25(5)21(27)20-16(15(4)29-24-20)12-28-19-9-7-8-13(2)14(19)3/h7-10H,6,11-12H2,1-5H3. The molecule has 3 aromatic rings. The van der Waals surface area contributed by atoms with Gasteiger partial charge < -0.3 is 14.2 Å². The van der Waals surface area contributed by atoms with Crippen molar-refractivity contribution >= 4 is 21.8 Å². The van der Waals surface area contributed by atoms with E-state index in [-0.39, 0.29) is 18.2 Å². The fourth-order valence-electron chi connectivity index (χ4n) is 3.05. The van der Waals surface area contributed by atoms with Crippen LogP contribution in [0, 0.1) is 20.8 Å². The number of nitrogens with zero attached hydrogens (tertiary/aromatic N) is 4. The van der Waals surface area contributed by atoms with E-state index in [4.69, 9.17) is 9.26 Å². The van der Waals surface area contributed by atoms with E-state index in [1.165, 1.54) is 0 Å². The monoisotopic (exact) mass is 460 g/mol. The van der Waals surface area contributed by atoms with E-state index in [0.717, 1.165) is 33.6 Å². The van der Waals surface area contributed by atoms with Crippen molar-refractivity contribution < 1.29 is 14.1 Å². The summed E-state index contributed by atoms with van der Waals surface area (Å²) in [6.45, 7) is 9.18. The zero-order valence-corrected chi connectivity index (χ0v) is 18.9. The van der Waals surface area contributed by atoms with Gasteiger partial charge in [-0.05, 0) is 60.8 Å². The zero-order chi connectivity index (χ0) is 21.1. The Morgan fingerprint density at radius 3 is 2.79 bits per heavy atom. The number of carbonyl (C=O) groups is 1. The lowest BCUT2D eigenvalue weighted by Crippen LogP contribution is -2.29. The Morgan fingerprint density at radius 1 is 1.31 bits per heavy atom. The maximum Gasteiger partial charge on any atom is 0.276 e. The Balaban J connectivity index is 1.78. The van der Waals surface area contributed by atoms with Gasteiger partial charge in [-0.3, -0.25) is 9.48 Å². The van der Waals surface area contributed by atoms with Crippen molar-refractivity contribution in [1.82, 2.24) is 19.8 Å². The first-order valence-electron chi connectivity index (χ1n) is 9.43.